The second-order valence-electron chi connectivity index (χ2n) is 7.76. The lowest BCUT2D eigenvalue weighted by Gasteiger charge is -2.15. The zero-order valence-corrected chi connectivity index (χ0v) is 19.2. The molecule has 0 heterocycles. The van der Waals surface area contributed by atoms with Crippen LogP contribution in [0.4, 0.5) is 5.69 Å². The highest BCUT2D eigenvalue weighted by atomic mass is 14.8. The van der Waals surface area contributed by atoms with Crippen LogP contribution in [0.2, 0.25) is 0 Å². The first kappa shape index (κ1) is 23.8. The molecule has 160 valence electrons. The Bertz CT molecular complexity index is 1050. The number of nitrogens with one attached hydrogen (secondary N) is 1. The van der Waals surface area contributed by atoms with Crippen molar-refractivity contribution >= 4 is 17.3 Å². The summed E-state index contributed by atoms with van der Waals surface area (Å²) in [5, 5.41) is 3.37. The predicted molar refractivity (Wildman–Crippen MR) is 138 cm³/mol. The van der Waals surface area contributed by atoms with E-state index < -0.39 is 0 Å². The van der Waals surface area contributed by atoms with E-state index in [1.807, 2.05) is 31.4 Å². The lowest BCUT2D eigenvalue weighted by atomic mass is 9.92. The second-order valence-corrected chi connectivity index (χ2v) is 7.76. The Morgan fingerprint density at radius 2 is 1.94 bits per heavy atom. The van der Waals surface area contributed by atoms with Crippen LogP contribution in [0, 0.1) is 12.8 Å². The minimum atomic E-state index is 0.242. The molecule has 2 rings (SSSR count). The number of rotatable bonds is 8. The highest BCUT2D eigenvalue weighted by molar-refractivity contribution is 5.80. The van der Waals surface area contributed by atoms with Crippen LogP contribution in [0.3, 0.4) is 0 Å². The summed E-state index contributed by atoms with van der Waals surface area (Å²) in [6, 6.07) is 4.36. The van der Waals surface area contributed by atoms with Crippen molar-refractivity contribution in [1.82, 2.24) is 0 Å². The molecular formula is C29H34N2. The van der Waals surface area contributed by atoms with E-state index in [9.17, 15) is 0 Å². The van der Waals surface area contributed by atoms with E-state index in [0.717, 1.165) is 16.8 Å². The number of allylic oxidation sites excluding steroid dienone is 10. The molecule has 0 amide bonds. The average molecular weight is 411 g/mol. The summed E-state index contributed by atoms with van der Waals surface area (Å²) < 4.78 is 0. The van der Waals surface area contributed by atoms with E-state index in [1.54, 1.807) is 0 Å². The minimum absolute atomic E-state index is 0.242. The molecule has 1 unspecified atom stereocenters. The Morgan fingerprint density at radius 3 is 2.65 bits per heavy atom. The first-order valence-corrected chi connectivity index (χ1v) is 10.6. The molecule has 1 aromatic rings. The SMILES string of the molecule is C=C(N)C/C=C\Nc1cc2c(C)c(c1)/C(C)=C(/C=C\C(=C)C(C)C=C=CC)C=C/C=C\2. The monoisotopic (exact) mass is 410 g/mol. The maximum atomic E-state index is 5.64. The number of benzene rings is 1. The summed E-state index contributed by atoms with van der Waals surface area (Å²) in [5.74, 6) is 0.242. The van der Waals surface area contributed by atoms with Crippen molar-refractivity contribution < 1.29 is 0 Å². The Kier molecular flexibility index (Phi) is 8.94. The molecule has 0 aromatic heterocycles. The molecule has 1 atom stereocenters. The van der Waals surface area contributed by atoms with Crippen LogP contribution in [0.1, 0.15) is 43.9 Å². The summed E-state index contributed by atoms with van der Waals surface area (Å²) in [7, 11) is 0. The van der Waals surface area contributed by atoms with E-state index in [-0.39, 0.29) is 5.92 Å². The van der Waals surface area contributed by atoms with Gasteiger partial charge in [0.2, 0.25) is 0 Å². The third kappa shape index (κ3) is 7.06. The van der Waals surface area contributed by atoms with Crippen LogP contribution < -0.4 is 11.1 Å². The minimum Gasteiger partial charge on any atom is -0.402 e. The van der Waals surface area contributed by atoms with Crippen LogP contribution >= 0.6 is 0 Å². The van der Waals surface area contributed by atoms with E-state index >= 15 is 0 Å². The molecule has 1 aromatic carbocycles. The smallest absolute Gasteiger partial charge is 0.0391 e. The van der Waals surface area contributed by atoms with Crippen molar-refractivity contribution in [3.05, 3.63) is 119 Å². The van der Waals surface area contributed by atoms with Gasteiger partial charge >= 0.3 is 0 Å². The van der Waals surface area contributed by atoms with Crippen molar-refractivity contribution in [1.29, 1.82) is 0 Å². The van der Waals surface area contributed by atoms with Gasteiger partial charge in [0, 0.05) is 23.7 Å². The second kappa shape index (κ2) is 11.6. The van der Waals surface area contributed by atoms with E-state index in [4.69, 9.17) is 5.73 Å². The summed E-state index contributed by atoms with van der Waals surface area (Å²) >= 11 is 0. The van der Waals surface area contributed by atoms with Gasteiger partial charge < -0.3 is 11.1 Å². The van der Waals surface area contributed by atoms with Crippen LogP contribution in [0.25, 0.3) is 11.6 Å². The maximum absolute atomic E-state index is 5.64. The predicted octanol–water partition coefficient (Wildman–Crippen LogP) is 7.62. The molecule has 0 radical (unpaired) electrons. The third-order valence-electron chi connectivity index (χ3n) is 5.27. The fourth-order valence-electron chi connectivity index (χ4n) is 3.22. The number of hydrogen-bond acceptors (Lipinski definition) is 2. The topological polar surface area (TPSA) is 38.0 Å². The van der Waals surface area contributed by atoms with Gasteiger partial charge in [0.15, 0.2) is 0 Å². The van der Waals surface area contributed by atoms with Crippen molar-refractivity contribution in [2.75, 3.05) is 5.32 Å². The molecule has 1 aliphatic rings. The molecule has 0 aliphatic heterocycles. The standard InChI is InChI=1S/C29H34N2/c1-7-8-12-21(2)22(3)16-17-26-14-9-10-15-27-19-28(31-18-11-13-23(4)30)20-29(24(26)5)25(27)6/h7,9-12,14-21,31H,3-4,13,30H2,1-2,5-6H3/b14-9?,15-10-,17-16-,18-11-,26-24+. The normalized spacial score (nSPS) is 17.4. The quantitative estimate of drug-likeness (QED) is 0.342. The molecule has 31 heavy (non-hydrogen) atoms. The largest absolute Gasteiger partial charge is 0.402 e. The van der Waals surface area contributed by atoms with Gasteiger partial charge in [-0.25, -0.2) is 0 Å². The first-order valence-electron chi connectivity index (χ1n) is 10.6. The molecule has 0 fully saturated rings. The average Bonchev–Trinajstić information content (AvgIpc) is 2.77. The lowest BCUT2D eigenvalue weighted by molar-refractivity contribution is 0.897. The van der Waals surface area contributed by atoms with E-state index in [1.165, 1.54) is 22.3 Å². The molecule has 2 heteroatoms. The van der Waals surface area contributed by atoms with Gasteiger partial charge in [0.1, 0.15) is 0 Å². The molecule has 0 saturated heterocycles. The van der Waals surface area contributed by atoms with Crippen molar-refractivity contribution in [2.24, 2.45) is 11.7 Å². The highest BCUT2D eigenvalue weighted by Gasteiger charge is 2.10. The van der Waals surface area contributed by atoms with Crippen molar-refractivity contribution in [2.45, 2.75) is 34.1 Å². The lowest BCUT2D eigenvalue weighted by Crippen LogP contribution is -1.97. The maximum Gasteiger partial charge on any atom is 0.0391 e. The van der Waals surface area contributed by atoms with Crippen LogP contribution in [-0.4, -0.2) is 0 Å². The molecule has 2 bridgehead atoms. The van der Waals surface area contributed by atoms with E-state index in [2.05, 4.69) is 93.6 Å². The molecule has 1 aliphatic carbocycles. The van der Waals surface area contributed by atoms with Gasteiger partial charge in [0.05, 0.1) is 0 Å². The van der Waals surface area contributed by atoms with Gasteiger partial charge in [-0.05, 0) is 84.7 Å². The van der Waals surface area contributed by atoms with E-state index in [0.29, 0.717) is 12.1 Å². The summed E-state index contributed by atoms with van der Waals surface area (Å²) in [4.78, 5) is 0. The zero-order chi connectivity index (χ0) is 22.8. The number of fused-ring (bicyclic) bond motifs is 2. The molecule has 0 spiro atoms. The van der Waals surface area contributed by atoms with Crippen molar-refractivity contribution in [3.63, 3.8) is 0 Å². The van der Waals surface area contributed by atoms with Gasteiger partial charge in [-0.2, -0.15) is 0 Å². The summed E-state index contributed by atoms with van der Waals surface area (Å²) in [6.07, 6.45) is 21.2. The summed E-state index contributed by atoms with van der Waals surface area (Å²) in [6.45, 7) is 16.4. The first-order chi connectivity index (χ1) is 14.8. The van der Waals surface area contributed by atoms with Gasteiger partial charge in [-0.3, -0.25) is 0 Å². The molecule has 3 N–H and O–H groups in total. The molecule has 0 saturated carbocycles. The van der Waals surface area contributed by atoms with Crippen LogP contribution in [-0.2, 0) is 0 Å². The van der Waals surface area contributed by atoms with Gasteiger partial charge in [0.25, 0.3) is 0 Å². The van der Waals surface area contributed by atoms with Crippen molar-refractivity contribution in [3.8, 4) is 0 Å². The fraction of sp³-hybridized carbons (Fsp3) is 0.207. The Morgan fingerprint density at radius 1 is 1.19 bits per heavy atom. The summed E-state index contributed by atoms with van der Waals surface area (Å²) in [5.41, 5.74) is 17.6. The number of anilines is 1. The zero-order valence-electron chi connectivity index (χ0n) is 19.2. The highest BCUT2D eigenvalue weighted by Crippen LogP contribution is 2.31. The third-order valence-corrected chi connectivity index (χ3v) is 5.27. The Hall–Kier alpha value is -3.48. The van der Waals surface area contributed by atoms with Crippen LogP contribution in [0.5, 0.6) is 0 Å². The van der Waals surface area contributed by atoms with Crippen LogP contribution in [0.15, 0.2) is 103 Å². The molecular weight excluding hydrogens is 376 g/mol. The number of hydrogen-bond donors (Lipinski definition) is 2. The molecule has 2 nitrogen and oxygen atoms in total. The van der Waals surface area contributed by atoms with Gasteiger partial charge in [-0.15, -0.1) is 5.73 Å². The Balaban J connectivity index is 2.41. The fourth-order valence-corrected chi connectivity index (χ4v) is 3.22. The number of nitrogens with two attached hydrogens (primary N) is 1. The van der Waals surface area contributed by atoms with Gasteiger partial charge in [-0.1, -0.05) is 62.6 Å². The Labute approximate surface area is 188 Å².